The van der Waals surface area contributed by atoms with Crippen molar-refractivity contribution < 1.29 is 8.78 Å². The second-order valence-corrected chi connectivity index (χ2v) is 8.33. The van der Waals surface area contributed by atoms with Gasteiger partial charge in [0.1, 0.15) is 0 Å². The number of pyridine rings is 1. The maximum absolute atomic E-state index is 13.9. The summed E-state index contributed by atoms with van der Waals surface area (Å²) in [4.78, 5) is 7.71. The average Bonchev–Trinajstić information content (AvgIpc) is 2.75. The molecule has 4 rings (SSSR count). The molecule has 30 heavy (non-hydrogen) atoms. The highest BCUT2D eigenvalue weighted by Gasteiger charge is 2.26. The van der Waals surface area contributed by atoms with Gasteiger partial charge in [-0.3, -0.25) is 4.90 Å². The topological polar surface area (TPSA) is 45.2 Å². The van der Waals surface area contributed by atoms with Crippen LogP contribution in [0.1, 0.15) is 43.9 Å². The first-order chi connectivity index (χ1) is 14.4. The molecule has 5 nitrogen and oxygen atoms in total. The first kappa shape index (κ1) is 20.6. The van der Waals surface area contributed by atoms with Gasteiger partial charge in [0.15, 0.2) is 5.82 Å². The summed E-state index contributed by atoms with van der Waals surface area (Å²) in [7, 11) is 1.98. The molecule has 0 radical (unpaired) electrons. The zero-order valence-corrected chi connectivity index (χ0v) is 17.6. The SMILES string of the molecule is CC(C)c1nnc(N2CCC(N(C)Cc3ccc(F)nc3F)CC2)c2ccccc12. The number of benzene rings is 1. The van der Waals surface area contributed by atoms with E-state index in [2.05, 4.69) is 51.0 Å². The summed E-state index contributed by atoms with van der Waals surface area (Å²) < 4.78 is 26.9. The molecule has 1 saturated heterocycles. The Morgan fingerprint density at radius 2 is 1.73 bits per heavy atom. The minimum atomic E-state index is -0.788. The van der Waals surface area contributed by atoms with Crippen LogP contribution in [0.25, 0.3) is 10.8 Å². The van der Waals surface area contributed by atoms with Gasteiger partial charge in [-0.2, -0.15) is 18.9 Å². The van der Waals surface area contributed by atoms with Crippen molar-refractivity contribution in [1.82, 2.24) is 20.1 Å². The number of aromatic nitrogens is 3. The highest BCUT2D eigenvalue weighted by Crippen LogP contribution is 2.31. The smallest absolute Gasteiger partial charge is 0.220 e. The van der Waals surface area contributed by atoms with E-state index in [4.69, 9.17) is 0 Å². The standard InChI is InChI=1S/C23H27F2N5/c1-15(2)21-18-6-4-5-7-19(18)23(28-27-21)30-12-10-17(11-13-30)29(3)14-16-8-9-20(24)26-22(16)25/h4-9,15,17H,10-14H2,1-3H3. The summed E-state index contributed by atoms with van der Waals surface area (Å²) >= 11 is 0. The molecule has 1 aromatic carbocycles. The third-order valence-electron chi connectivity index (χ3n) is 5.94. The Labute approximate surface area is 175 Å². The molecule has 0 N–H and O–H groups in total. The van der Waals surface area contributed by atoms with E-state index in [0.717, 1.165) is 48.2 Å². The molecule has 2 aromatic heterocycles. The van der Waals surface area contributed by atoms with Crippen LogP contribution in [-0.4, -0.2) is 46.3 Å². The molecule has 0 spiro atoms. The Balaban J connectivity index is 1.46. The zero-order valence-electron chi connectivity index (χ0n) is 17.6. The van der Waals surface area contributed by atoms with Crippen LogP contribution in [0, 0.1) is 11.9 Å². The maximum Gasteiger partial charge on any atom is 0.220 e. The van der Waals surface area contributed by atoms with Gasteiger partial charge >= 0.3 is 0 Å². The van der Waals surface area contributed by atoms with Crippen molar-refractivity contribution in [2.45, 2.75) is 45.2 Å². The molecule has 1 aliphatic rings. The summed E-state index contributed by atoms with van der Waals surface area (Å²) in [6, 6.07) is 11.3. The molecule has 0 atom stereocenters. The number of piperidine rings is 1. The molecule has 1 fully saturated rings. The van der Waals surface area contributed by atoms with Gasteiger partial charge in [0, 0.05) is 42.0 Å². The van der Waals surface area contributed by atoms with Crippen molar-refractivity contribution in [3.8, 4) is 0 Å². The maximum atomic E-state index is 13.9. The first-order valence-electron chi connectivity index (χ1n) is 10.5. The van der Waals surface area contributed by atoms with E-state index in [-0.39, 0.29) is 0 Å². The van der Waals surface area contributed by atoms with Crippen LogP contribution < -0.4 is 4.90 Å². The van der Waals surface area contributed by atoms with Gasteiger partial charge in [0.05, 0.1) is 5.69 Å². The molecule has 3 aromatic rings. The molecule has 7 heteroatoms. The number of hydrogen-bond acceptors (Lipinski definition) is 5. The van der Waals surface area contributed by atoms with Gasteiger partial charge in [0.25, 0.3) is 0 Å². The van der Waals surface area contributed by atoms with Gasteiger partial charge in [-0.1, -0.05) is 38.1 Å². The minimum Gasteiger partial charge on any atom is -0.354 e. The molecule has 1 aliphatic heterocycles. The predicted octanol–water partition coefficient (Wildman–Crippen LogP) is 4.53. The van der Waals surface area contributed by atoms with E-state index in [9.17, 15) is 8.78 Å². The van der Waals surface area contributed by atoms with Crippen molar-refractivity contribution >= 4 is 16.6 Å². The van der Waals surface area contributed by atoms with E-state index in [0.29, 0.717) is 24.1 Å². The highest BCUT2D eigenvalue weighted by molar-refractivity contribution is 5.93. The minimum absolute atomic E-state index is 0.317. The summed E-state index contributed by atoms with van der Waals surface area (Å²) in [5.74, 6) is -0.266. The number of rotatable bonds is 5. The van der Waals surface area contributed by atoms with Crippen LogP contribution in [0.4, 0.5) is 14.6 Å². The van der Waals surface area contributed by atoms with Gasteiger partial charge in [-0.25, -0.2) is 0 Å². The number of halogens is 2. The quantitative estimate of drug-likeness (QED) is 0.578. The summed E-state index contributed by atoms with van der Waals surface area (Å²) in [6.07, 6.45) is 1.88. The average molecular weight is 412 g/mol. The fourth-order valence-corrected chi connectivity index (χ4v) is 4.25. The monoisotopic (exact) mass is 411 g/mol. The third-order valence-corrected chi connectivity index (χ3v) is 5.94. The number of nitrogens with zero attached hydrogens (tertiary/aromatic N) is 5. The van der Waals surface area contributed by atoms with Crippen LogP contribution in [0.2, 0.25) is 0 Å². The number of anilines is 1. The van der Waals surface area contributed by atoms with Crippen LogP contribution in [-0.2, 0) is 6.54 Å². The summed E-state index contributed by atoms with van der Waals surface area (Å²) in [6.45, 7) is 6.40. The Hall–Kier alpha value is -2.67. The second-order valence-electron chi connectivity index (χ2n) is 8.33. The van der Waals surface area contributed by atoms with Crippen LogP contribution >= 0.6 is 0 Å². The number of hydrogen-bond donors (Lipinski definition) is 0. The van der Waals surface area contributed by atoms with Crippen molar-refractivity contribution in [2.75, 3.05) is 25.0 Å². The van der Waals surface area contributed by atoms with Crippen LogP contribution in [0.5, 0.6) is 0 Å². The number of fused-ring (bicyclic) bond motifs is 1. The Bertz CT molecular complexity index is 1030. The lowest BCUT2D eigenvalue weighted by Crippen LogP contribution is -2.43. The van der Waals surface area contributed by atoms with Crippen LogP contribution in [0.15, 0.2) is 36.4 Å². The lowest BCUT2D eigenvalue weighted by Gasteiger charge is -2.37. The van der Waals surface area contributed by atoms with E-state index in [1.807, 2.05) is 19.2 Å². The lowest BCUT2D eigenvalue weighted by atomic mass is 10.0. The Morgan fingerprint density at radius 3 is 2.40 bits per heavy atom. The summed E-state index contributed by atoms with van der Waals surface area (Å²) in [5, 5.41) is 11.4. The fraction of sp³-hybridized carbons (Fsp3) is 0.435. The molecule has 3 heterocycles. The predicted molar refractivity (Wildman–Crippen MR) is 114 cm³/mol. The van der Waals surface area contributed by atoms with Gasteiger partial charge in [-0.15, -0.1) is 5.10 Å². The van der Waals surface area contributed by atoms with Gasteiger partial charge in [-0.05, 0) is 37.9 Å². The molecule has 0 amide bonds. The van der Waals surface area contributed by atoms with Crippen LogP contribution in [0.3, 0.4) is 0 Å². The largest absolute Gasteiger partial charge is 0.354 e. The van der Waals surface area contributed by atoms with Crippen molar-refractivity contribution in [2.24, 2.45) is 0 Å². The summed E-state index contributed by atoms with van der Waals surface area (Å²) in [5.41, 5.74) is 1.45. The molecular formula is C23H27F2N5. The lowest BCUT2D eigenvalue weighted by molar-refractivity contribution is 0.197. The zero-order chi connectivity index (χ0) is 21.3. The van der Waals surface area contributed by atoms with Crippen molar-refractivity contribution in [3.05, 3.63) is 59.6 Å². The Kier molecular flexibility index (Phi) is 5.90. The highest BCUT2D eigenvalue weighted by atomic mass is 19.1. The molecule has 0 bridgehead atoms. The molecule has 0 unspecified atom stereocenters. The second kappa shape index (κ2) is 8.60. The van der Waals surface area contributed by atoms with E-state index >= 15 is 0 Å². The molecule has 0 aliphatic carbocycles. The van der Waals surface area contributed by atoms with Crippen molar-refractivity contribution in [1.29, 1.82) is 0 Å². The fourth-order valence-electron chi connectivity index (χ4n) is 4.25. The van der Waals surface area contributed by atoms with Crippen molar-refractivity contribution in [3.63, 3.8) is 0 Å². The Morgan fingerprint density at radius 1 is 1.03 bits per heavy atom. The third kappa shape index (κ3) is 4.12. The van der Waals surface area contributed by atoms with Gasteiger partial charge < -0.3 is 4.90 Å². The van der Waals surface area contributed by atoms with E-state index in [1.54, 1.807) is 0 Å². The van der Waals surface area contributed by atoms with E-state index in [1.165, 1.54) is 12.1 Å². The molecular weight excluding hydrogens is 384 g/mol. The first-order valence-corrected chi connectivity index (χ1v) is 10.5. The van der Waals surface area contributed by atoms with E-state index < -0.39 is 11.9 Å². The molecule has 158 valence electrons. The molecule has 0 saturated carbocycles. The van der Waals surface area contributed by atoms with Gasteiger partial charge in [0.2, 0.25) is 11.9 Å². The normalized spacial score (nSPS) is 15.5.